The van der Waals surface area contributed by atoms with Crippen LogP contribution < -0.4 is 0 Å². The van der Waals surface area contributed by atoms with Crippen LogP contribution in [0.1, 0.15) is 52.4 Å². The molecule has 0 radical (unpaired) electrons. The maximum atomic E-state index is 10.9. The van der Waals surface area contributed by atoms with Gasteiger partial charge in [0.15, 0.2) is 0 Å². The lowest BCUT2D eigenvalue weighted by molar-refractivity contribution is -0.222. The molecule has 0 amide bonds. The summed E-state index contributed by atoms with van der Waals surface area (Å²) in [6, 6.07) is 0. The highest BCUT2D eigenvalue weighted by molar-refractivity contribution is 5.12. The van der Waals surface area contributed by atoms with E-state index in [1.165, 1.54) is 32.1 Å². The SMILES string of the molecule is CCC1(O)C2CC3CC(C2)CC1(C)C3. The van der Waals surface area contributed by atoms with Crippen LogP contribution in [0.2, 0.25) is 0 Å². The van der Waals surface area contributed by atoms with Crippen molar-refractivity contribution in [1.29, 1.82) is 0 Å². The molecule has 0 aromatic rings. The molecule has 0 aliphatic heterocycles. The van der Waals surface area contributed by atoms with Gasteiger partial charge in [0.2, 0.25) is 0 Å². The van der Waals surface area contributed by atoms with Gasteiger partial charge in [-0.05, 0) is 61.7 Å². The lowest BCUT2D eigenvalue weighted by Crippen LogP contribution is -2.63. The van der Waals surface area contributed by atoms with Gasteiger partial charge < -0.3 is 5.11 Å². The largest absolute Gasteiger partial charge is 0.389 e. The monoisotopic (exact) mass is 194 g/mol. The van der Waals surface area contributed by atoms with E-state index >= 15 is 0 Å². The van der Waals surface area contributed by atoms with Gasteiger partial charge in [-0.15, -0.1) is 0 Å². The van der Waals surface area contributed by atoms with E-state index in [2.05, 4.69) is 13.8 Å². The minimum atomic E-state index is -0.319. The van der Waals surface area contributed by atoms with E-state index in [-0.39, 0.29) is 11.0 Å². The Hall–Kier alpha value is -0.0400. The Balaban J connectivity index is 2.01. The summed E-state index contributed by atoms with van der Waals surface area (Å²) in [5.41, 5.74) is -0.0586. The minimum Gasteiger partial charge on any atom is -0.389 e. The second kappa shape index (κ2) is 2.55. The summed E-state index contributed by atoms with van der Waals surface area (Å²) in [4.78, 5) is 0. The van der Waals surface area contributed by atoms with Crippen LogP contribution in [-0.4, -0.2) is 10.7 Å². The zero-order valence-electron chi connectivity index (χ0n) is 9.42. The fourth-order valence-corrected chi connectivity index (χ4v) is 5.21. The first-order chi connectivity index (χ1) is 6.57. The van der Waals surface area contributed by atoms with Crippen LogP contribution >= 0.6 is 0 Å². The topological polar surface area (TPSA) is 20.2 Å². The van der Waals surface area contributed by atoms with Crippen molar-refractivity contribution < 1.29 is 5.11 Å². The first kappa shape index (κ1) is 9.21. The highest BCUT2D eigenvalue weighted by Gasteiger charge is 2.61. The van der Waals surface area contributed by atoms with Crippen LogP contribution in [0.15, 0.2) is 0 Å². The molecule has 4 fully saturated rings. The first-order valence-corrected chi connectivity index (χ1v) is 6.30. The van der Waals surface area contributed by atoms with Gasteiger partial charge in [0.1, 0.15) is 0 Å². The molecule has 3 atom stereocenters. The third-order valence-corrected chi connectivity index (χ3v) is 5.64. The highest BCUT2D eigenvalue weighted by Crippen LogP contribution is 2.65. The van der Waals surface area contributed by atoms with Gasteiger partial charge in [0, 0.05) is 0 Å². The molecule has 0 spiro atoms. The van der Waals surface area contributed by atoms with Crippen molar-refractivity contribution in [1.82, 2.24) is 0 Å². The molecule has 1 heteroatoms. The summed E-state index contributed by atoms with van der Waals surface area (Å²) in [6.07, 6.45) is 7.65. The molecule has 1 nitrogen and oxygen atoms in total. The maximum Gasteiger partial charge on any atom is 0.0726 e. The van der Waals surface area contributed by atoms with Crippen LogP contribution in [0.25, 0.3) is 0 Å². The van der Waals surface area contributed by atoms with Crippen LogP contribution in [0, 0.1) is 23.2 Å². The molecule has 0 aromatic carbocycles. The molecule has 0 saturated heterocycles. The molecule has 4 aliphatic carbocycles. The Morgan fingerprint density at radius 2 is 1.71 bits per heavy atom. The van der Waals surface area contributed by atoms with E-state index in [4.69, 9.17) is 0 Å². The Bertz CT molecular complexity index is 246. The summed E-state index contributed by atoms with van der Waals surface area (Å²) in [7, 11) is 0. The molecule has 14 heavy (non-hydrogen) atoms. The molecule has 0 aromatic heterocycles. The van der Waals surface area contributed by atoms with E-state index in [1.807, 2.05) is 0 Å². The second-order valence-corrected chi connectivity index (χ2v) is 6.38. The Morgan fingerprint density at radius 1 is 1.14 bits per heavy atom. The van der Waals surface area contributed by atoms with Crippen LogP contribution in [0.3, 0.4) is 0 Å². The van der Waals surface area contributed by atoms with Gasteiger partial charge in [-0.3, -0.25) is 0 Å². The molecule has 80 valence electrons. The first-order valence-electron chi connectivity index (χ1n) is 6.30. The molecule has 0 heterocycles. The number of rotatable bonds is 1. The summed E-state index contributed by atoms with van der Waals surface area (Å²) in [5.74, 6) is 2.53. The zero-order valence-corrected chi connectivity index (χ0v) is 9.42. The lowest BCUT2D eigenvalue weighted by atomic mass is 9.43. The highest BCUT2D eigenvalue weighted by atomic mass is 16.3. The third-order valence-electron chi connectivity index (χ3n) is 5.64. The predicted molar refractivity (Wildman–Crippen MR) is 56.9 cm³/mol. The standard InChI is InChI=1S/C13H22O/c1-3-13(14)11-5-9-4-10(6-11)8-12(13,2)7-9/h9-11,14H,3-8H2,1-2H3. The second-order valence-electron chi connectivity index (χ2n) is 6.38. The smallest absolute Gasteiger partial charge is 0.0726 e. The number of hydrogen-bond donors (Lipinski definition) is 1. The summed E-state index contributed by atoms with van der Waals surface area (Å²) < 4.78 is 0. The molecular weight excluding hydrogens is 172 g/mol. The Morgan fingerprint density at radius 3 is 2.14 bits per heavy atom. The van der Waals surface area contributed by atoms with E-state index in [1.54, 1.807) is 0 Å². The Kier molecular flexibility index (Phi) is 1.68. The quantitative estimate of drug-likeness (QED) is 0.680. The molecule has 4 aliphatic rings. The average molecular weight is 194 g/mol. The van der Waals surface area contributed by atoms with Crippen LogP contribution in [-0.2, 0) is 0 Å². The Labute approximate surface area is 86.9 Å². The van der Waals surface area contributed by atoms with E-state index < -0.39 is 0 Å². The van der Waals surface area contributed by atoms with E-state index in [9.17, 15) is 5.11 Å². The van der Waals surface area contributed by atoms with E-state index in [0.29, 0.717) is 5.92 Å². The molecule has 1 N–H and O–H groups in total. The summed E-state index contributed by atoms with van der Waals surface area (Å²) in [5, 5.41) is 10.9. The van der Waals surface area contributed by atoms with Crippen molar-refractivity contribution >= 4 is 0 Å². The molecule has 4 saturated carbocycles. The zero-order chi connectivity index (χ0) is 9.97. The van der Waals surface area contributed by atoms with Gasteiger partial charge in [-0.1, -0.05) is 13.8 Å². The van der Waals surface area contributed by atoms with Gasteiger partial charge in [-0.2, -0.15) is 0 Å². The minimum absolute atomic E-state index is 0.260. The molecule has 4 rings (SSSR count). The van der Waals surface area contributed by atoms with Crippen molar-refractivity contribution in [2.24, 2.45) is 23.2 Å². The van der Waals surface area contributed by atoms with Gasteiger partial charge in [-0.25, -0.2) is 0 Å². The van der Waals surface area contributed by atoms with Crippen molar-refractivity contribution in [3.8, 4) is 0 Å². The van der Waals surface area contributed by atoms with Gasteiger partial charge in [0.05, 0.1) is 5.60 Å². The third kappa shape index (κ3) is 0.900. The number of hydrogen-bond acceptors (Lipinski definition) is 1. The normalized spacial score (nSPS) is 60.6. The van der Waals surface area contributed by atoms with Crippen LogP contribution in [0.4, 0.5) is 0 Å². The number of aliphatic hydroxyl groups is 1. The predicted octanol–water partition coefficient (Wildman–Crippen LogP) is 2.97. The van der Waals surface area contributed by atoms with E-state index in [0.717, 1.165) is 18.3 Å². The summed E-state index contributed by atoms with van der Waals surface area (Å²) in [6.45, 7) is 4.52. The molecule has 3 unspecified atom stereocenters. The van der Waals surface area contributed by atoms with Gasteiger partial charge in [0.25, 0.3) is 0 Å². The summed E-state index contributed by atoms with van der Waals surface area (Å²) >= 11 is 0. The molecule has 4 bridgehead atoms. The van der Waals surface area contributed by atoms with Gasteiger partial charge >= 0.3 is 0 Å². The van der Waals surface area contributed by atoms with Crippen molar-refractivity contribution in [3.63, 3.8) is 0 Å². The average Bonchev–Trinajstić information content (AvgIpc) is 2.12. The fraction of sp³-hybridized carbons (Fsp3) is 1.00. The lowest BCUT2D eigenvalue weighted by Gasteiger charge is -2.64. The van der Waals surface area contributed by atoms with Crippen molar-refractivity contribution in [2.75, 3.05) is 0 Å². The van der Waals surface area contributed by atoms with Crippen LogP contribution in [0.5, 0.6) is 0 Å². The fourth-order valence-electron chi connectivity index (χ4n) is 5.21. The van der Waals surface area contributed by atoms with Crippen molar-refractivity contribution in [2.45, 2.75) is 58.0 Å². The van der Waals surface area contributed by atoms with Crippen molar-refractivity contribution in [3.05, 3.63) is 0 Å². The molecular formula is C13H22O. The maximum absolute atomic E-state index is 10.9.